The van der Waals surface area contributed by atoms with E-state index >= 15 is 0 Å². The van der Waals surface area contributed by atoms with Crippen LogP contribution in [-0.4, -0.2) is 4.98 Å². The van der Waals surface area contributed by atoms with Crippen LogP contribution in [0.25, 0.3) is 6.08 Å². The Kier molecular flexibility index (Phi) is 2.38. The van der Waals surface area contributed by atoms with Crippen LogP contribution in [0.4, 0.5) is 5.82 Å². The summed E-state index contributed by atoms with van der Waals surface area (Å²) in [4.78, 5) is 12.8. The van der Waals surface area contributed by atoms with Gasteiger partial charge in [0.25, 0.3) is 0 Å². The summed E-state index contributed by atoms with van der Waals surface area (Å²) in [7, 11) is 0. The summed E-state index contributed by atoms with van der Waals surface area (Å²) in [6.07, 6.45) is 6.82. The second-order valence-corrected chi connectivity index (χ2v) is 1.97. The number of allylic oxidation sites excluding steroid dienone is 2. The van der Waals surface area contributed by atoms with Crippen molar-refractivity contribution in [3.63, 3.8) is 0 Å². The summed E-state index contributed by atoms with van der Waals surface area (Å²) >= 11 is 0. The summed E-state index contributed by atoms with van der Waals surface area (Å²) < 4.78 is 0. The van der Waals surface area contributed by atoms with E-state index in [-0.39, 0.29) is 0 Å². The number of hydrogen-bond donors (Lipinski definition) is 1. The molecule has 0 aliphatic rings. The molecule has 1 N–H and O–H groups in total. The fraction of sp³-hybridized carbons (Fsp3) is 0. The number of aromatic nitrogens is 1. The maximum Gasteiger partial charge on any atom is 0.182 e. The van der Waals surface area contributed by atoms with Gasteiger partial charge in [0.15, 0.2) is 5.82 Å². The van der Waals surface area contributed by atoms with Crippen LogP contribution < -0.4 is 0 Å². The molecule has 0 aliphatic carbocycles. The van der Waals surface area contributed by atoms with Crippen molar-refractivity contribution in [1.29, 1.82) is 0 Å². The Morgan fingerprint density at radius 2 is 2.45 bits per heavy atom. The minimum Gasteiger partial charge on any atom is -0.343 e. The van der Waals surface area contributed by atoms with E-state index < -0.39 is 0 Å². The highest BCUT2D eigenvalue weighted by molar-refractivity contribution is 5.61. The van der Waals surface area contributed by atoms with Gasteiger partial charge >= 0.3 is 0 Å². The Hall–Kier alpha value is -1.64. The van der Waals surface area contributed by atoms with Crippen molar-refractivity contribution in [1.82, 2.24) is 4.98 Å². The van der Waals surface area contributed by atoms with Crippen molar-refractivity contribution in [3.8, 4) is 0 Å². The van der Waals surface area contributed by atoms with Crippen LogP contribution in [-0.2, 0) is 0 Å². The zero-order valence-corrected chi connectivity index (χ0v) is 5.95. The molecule has 0 saturated carbocycles. The van der Waals surface area contributed by atoms with Gasteiger partial charge in [0.05, 0.1) is 0 Å². The average molecular weight is 148 g/mol. The molecule has 11 heavy (non-hydrogen) atoms. The first-order valence-corrected chi connectivity index (χ1v) is 3.18. The molecule has 3 nitrogen and oxygen atoms in total. The normalized spacial score (nSPS) is 10.2. The molecule has 3 heteroatoms. The number of nitrogens with one attached hydrogen (secondary N) is 1. The summed E-state index contributed by atoms with van der Waals surface area (Å²) in [5, 5.41) is 2.79. The lowest BCUT2D eigenvalue weighted by atomic mass is 10.3. The molecule has 0 radical (unpaired) electrons. The molecule has 0 amide bonds. The van der Waals surface area contributed by atoms with Crippen LogP contribution in [0.15, 0.2) is 36.2 Å². The van der Waals surface area contributed by atoms with Gasteiger partial charge in [0, 0.05) is 11.8 Å². The van der Waals surface area contributed by atoms with Crippen LogP contribution >= 0.6 is 0 Å². The zero-order chi connectivity index (χ0) is 8.10. The molecule has 1 rings (SSSR count). The van der Waals surface area contributed by atoms with Crippen LogP contribution in [0, 0.1) is 4.91 Å². The van der Waals surface area contributed by atoms with Crippen molar-refractivity contribution in [2.45, 2.75) is 0 Å². The minimum absolute atomic E-state index is 0.350. The molecule has 0 atom stereocenters. The van der Waals surface area contributed by atoms with Gasteiger partial charge in [-0.15, -0.1) is 4.91 Å². The predicted molar refractivity (Wildman–Crippen MR) is 45.5 cm³/mol. The highest BCUT2D eigenvalue weighted by atomic mass is 16.3. The minimum atomic E-state index is 0.350. The second-order valence-electron chi connectivity index (χ2n) is 1.97. The molecule has 0 fully saturated rings. The lowest BCUT2D eigenvalue weighted by Crippen LogP contribution is -1.64. The van der Waals surface area contributed by atoms with E-state index in [2.05, 4.69) is 16.7 Å². The van der Waals surface area contributed by atoms with E-state index in [1.165, 1.54) is 0 Å². The first kappa shape index (κ1) is 7.47. The third kappa shape index (κ3) is 1.64. The topological polar surface area (TPSA) is 45.2 Å². The molecule has 0 unspecified atom stereocenters. The highest BCUT2D eigenvalue weighted by Gasteiger charge is 1.97. The van der Waals surface area contributed by atoms with E-state index in [4.69, 9.17) is 0 Å². The molecule has 56 valence electrons. The summed E-state index contributed by atoms with van der Waals surface area (Å²) in [5.74, 6) is 0.350. The Balaban J connectivity index is 2.92. The number of hydrogen-bond acceptors (Lipinski definition) is 2. The van der Waals surface area contributed by atoms with Crippen LogP contribution in [0.3, 0.4) is 0 Å². The van der Waals surface area contributed by atoms with E-state index in [1.54, 1.807) is 30.5 Å². The lowest BCUT2D eigenvalue weighted by molar-refractivity contribution is 1.32. The first-order chi connectivity index (χ1) is 5.38. The Bertz CT molecular complexity index is 286. The molecular formula is C8H8N2O. The number of rotatable bonds is 3. The lowest BCUT2D eigenvalue weighted by Gasteiger charge is -1.83. The summed E-state index contributed by atoms with van der Waals surface area (Å²) in [6.45, 7) is 3.51. The standard InChI is InChI=1S/C8H8N2O/c1-2-3-4-7-5-6-9-8(7)10-11/h2-6,9H,1H2/b4-3-. The van der Waals surface area contributed by atoms with Crippen molar-refractivity contribution in [3.05, 3.63) is 41.5 Å². The number of aromatic amines is 1. The molecule has 0 aliphatic heterocycles. The monoisotopic (exact) mass is 148 g/mol. The summed E-state index contributed by atoms with van der Waals surface area (Å²) in [6, 6.07) is 1.77. The third-order valence-corrected chi connectivity index (χ3v) is 1.26. The highest BCUT2D eigenvalue weighted by Crippen LogP contribution is 2.16. The van der Waals surface area contributed by atoms with E-state index in [0.717, 1.165) is 5.56 Å². The molecule has 0 bridgehead atoms. The van der Waals surface area contributed by atoms with Gasteiger partial charge < -0.3 is 4.98 Å². The van der Waals surface area contributed by atoms with E-state index in [1.807, 2.05) is 0 Å². The smallest absolute Gasteiger partial charge is 0.182 e. The molecule has 0 saturated heterocycles. The van der Waals surface area contributed by atoms with E-state index in [0.29, 0.717) is 5.82 Å². The third-order valence-electron chi connectivity index (χ3n) is 1.26. The van der Waals surface area contributed by atoms with Gasteiger partial charge in [-0.1, -0.05) is 24.8 Å². The quantitative estimate of drug-likeness (QED) is 0.519. The number of nitroso groups, excluding NO2 is 1. The molecule has 1 aromatic heterocycles. The van der Waals surface area contributed by atoms with Gasteiger partial charge in [-0.3, -0.25) is 0 Å². The van der Waals surface area contributed by atoms with Gasteiger partial charge in [0.1, 0.15) is 0 Å². The maximum atomic E-state index is 10.1. The van der Waals surface area contributed by atoms with Crippen molar-refractivity contribution < 1.29 is 0 Å². The first-order valence-electron chi connectivity index (χ1n) is 3.18. The molecule has 0 aromatic carbocycles. The van der Waals surface area contributed by atoms with Crippen LogP contribution in [0.5, 0.6) is 0 Å². The fourth-order valence-electron chi connectivity index (χ4n) is 0.758. The Labute approximate surface area is 64.4 Å². The Morgan fingerprint density at radius 1 is 1.64 bits per heavy atom. The number of H-pyrrole nitrogens is 1. The molecule has 1 heterocycles. The van der Waals surface area contributed by atoms with Gasteiger partial charge in [-0.2, -0.15) is 0 Å². The zero-order valence-electron chi connectivity index (χ0n) is 5.95. The van der Waals surface area contributed by atoms with E-state index in [9.17, 15) is 4.91 Å². The second kappa shape index (κ2) is 3.51. The Morgan fingerprint density at radius 3 is 3.09 bits per heavy atom. The SMILES string of the molecule is C=C/C=C\c1cc[nH]c1N=O. The molecule has 0 spiro atoms. The van der Waals surface area contributed by atoms with Gasteiger partial charge in [0.2, 0.25) is 0 Å². The van der Waals surface area contributed by atoms with Gasteiger partial charge in [-0.05, 0) is 11.2 Å². The van der Waals surface area contributed by atoms with Crippen LogP contribution in [0.2, 0.25) is 0 Å². The fourth-order valence-corrected chi connectivity index (χ4v) is 0.758. The largest absolute Gasteiger partial charge is 0.343 e. The van der Waals surface area contributed by atoms with Crippen molar-refractivity contribution >= 4 is 11.9 Å². The maximum absolute atomic E-state index is 10.1. The van der Waals surface area contributed by atoms with Crippen LogP contribution in [0.1, 0.15) is 5.56 Å². The predicted octanol–water partition coefficient (Wildman–Crippen LogP) is 2.61. The summed E-state index contributed by atoms with van der Waals surface area (Å²) in [5.41, 5.74) is 0.778. The van der Waals surface area contributed by atoms with Crippen molar-refractivity contribution in [2.24, 2.45) is 5.18 Å². The van der Waals surface area contributed by atoms with Crippen molar-refractivity contribution in [2.75, 3.05) is 0 Å². The molecular weight excluding hydrogens is 140 g/mol. The average Bonchev–Trinajstić information content (AvgIpc) is 2.47. The number of nitrogens with zero attached hydrogens (tertiary/aromatic N) is 1. The molecule has 1 aromatic rings. The van der Waals surface area contributed by atoms with Gasteiger partial charge in [-0.25, -0.2) is 0 Å².